The smallest absolute Gasteiger partial charge is 0.0216 e. The van der Waals surface area contributed by atoms with Crippen molar-refractivity contribution < 1.29 is 0 Å². The molecule has 3 aliphatic heterocycles. The lowest BCUT2D eigenvalue weighted by atomic mass is 9.53. The maximum absolute atomic E-state index is 3.04. The molecule has 0 radical (unpaired) electrons. The zero-order chi connectivity index (χ0) is 23.1. The van der Waals surface area contributed by atoms with E-state index in [1.165, 1.54) is 96.8 Å². The maximum atomic E-state index is 3.04. The summed E-state index contributed by atoms with van der Waals surface area (Å²) in [7, 11) is 0. The van der Waals surface area contributed by atoms with Crippen molar-refractivity contribution in [3.63, 3.8) is 0 Å². The fourth-order valence-corrected chi connectivity index (χ4v) is 10.3. The Morgan fingerprint density at radius 2 is 1.52 bits per heavy atom. The highest BCUT2D eigenvalue weighted by Gasteiger charge is 2.64. The van der Waals surface area contributed by atoms with Crippen molar-refractivity contribution in [2.24, 2.45) is 22.7 Å². The fraction of sp³-hybridized carbons (Fsp3) is 1.00. The van der Waals surface area contributed by atoms with Gasteiger partial charge in [-0.05, 0) is 147 Å². The minimum Gasteiger partial charge on any atom is -0.298 e. The first-order valence-electron chi connectivity index (χ1n) is 14.6. The van der Waals surface area contributed by atoms with E-state index in [0.29, 0.717) is 21.9 Å². The van der Waals surface area contributed by atoms with Gasteiger partial charge in [0.25, 0.3) is 0 Å². The maximum Gasteiger partial charge on any atom is 0.0216 e. The standard InChI is InChI=1S/C29H51N3S/c1-22(2)32-25(7-10-29(32)8-6-9-29)24-21-28(24)13-15-30(16-14-28)26(3,4)23-19-27(20-23)11-17-31(33-5)18-12-27/h22-25H,6-21H2,1-5H3. The Kier molecular flexibility index (Phi) is 5.81. The van der Waals surface area contributed by atoms with E-state index in [4.69, 9.17) is 0 Å². The van der Waals surface area contributed by atoms with Gasteiger partial charge in [-0.2, -0.15) is 0 Å². The Bertz CT molecular complexity index is 719. The lowest BCUT2D eigenvalue weighted by Gasteiger charge is -2.59. The summed E-state index contributed by atoms with van der Waals surface area (Å²) in [5, 5.41) is 0. The monoisotopic (exact) mass is 473 g/mol. The fourth-order valence-electron chi connectivity index (χ4n) is 9.78. The van der Waals surface area contributed by atoms with E-state index in [9.17, 15) is 0 Å². The van der Waals surface area contributed by atoms with Gasteiger partial charge in [0.2, 0.25) is 0 Å². The largest absolute Gasteiger partial charge is 0.298 e. The summed E-state index contributed by atoms with van der Waals surface area (Å²) in [5.41, 5.74) is 2.44. The highest BCUT2D eigenvalue weighted by Crippen LogP contribution is 2.66. The number of hydrogen-bond donors (Lipinski definition) is 0. The molecule has 3 aliphatic carbocycles. The van der Waals surface area contributed by atoms with Crippen LogP contribution in [0.15, 0.2) is 0 Å². The molecule has 3 spiro atoms. The Hall–Kier alpha value is 0.230. The number of piperidine rings is 2. The molecule has 188 valence electrons. The molecule has 6 fully saturated rings. The van der Waals surface area contributed by atoms with E-state index < -0.39 is 0 Å². The lowest BCUT2D eigenvalue weighted by molar-refractivity contribution is -0.0847. The number of hydrogen-bond acceptors (Lipinski definition) is 4. The molecule has 6 rings (SSSR count). The molecule has 2 unspecified atom stereocenters. The molecule has 0 aromatic carbocycles. The highest BCUT2D eigenvalue weighted by atomic mass is 32.2. The summed E-state index contributed by atoms with van der Waals surface area (Å²) in [4.78, 5) is 5.98. The van der Waals surface area contributed by atoms with Crippen LogP contribution in [0, 0.1) is 22.7 Å². The molecule has 2 atom stereocenters. The van der Waals surface area contributed by atoms with Crippen LogP contribution in [-0.4, -0.2) is 69.7 Å². The van der Waals surface area contributed by atoms with Crippen LogP contribution < -0.4 is 0 Å². The summed E-state index contributed by atoms with van der Waals surface area (Å²) in [6.45, 7) is 15.5. The van der Waals surface area contributed by atoms with Gasteiger partial charge in [0, 0.05) is 36.3 Å². The average Bonchev–Trinajstić information content (AvgIpc) is 3.27. The van der Waals surface area contributed by atoms with Gasteiger partial charge in [0.15, 0.2) is 0 Å². The van der Waals surface area contributed by atoms with Crippen molar-refractivity contribution >= 4 is 11.9 Å². The average molecular weight is 474 g/mol. The first-order chi connectivity index (χ1) is 15.7. The zero-order valence-corrected chi connectivity index (χ0v) is 23.2. The van der Waals surface area contributed by atoms with Gasteiger partial charge in [-0.3, -0.25) is 14.1 Å². The predicted octanol–water partition coefficient (Wildman–Crippen LogP) is 6.43. The van der Waals surface area contributed by atoms with Gasteiger partial charge in [-0.1, -0.05) is 11.9 Å². The third kappa shape index (κ3) is 3.70. The second-order valence-electron chi connectivity index (χ2n) is 14.2. The van der Waals surface area contributed by atoms with Crippen LogP contribution in [0.5, 0.6) is 0 Å². The van der Waals surface area contributed by atoms with Crippen LogP contribution >= 0.6 is 11.9 Å². The van der Waals surface area contributed by atoms with Crippen molar-refractivity contribution in [2.45, 2.75) is 128 Å². The minimum absolute atomic E-state index is 0.404. The van der Waals surface area contributed by atoms with E-state index in [1.807, 2.05) is 11.9 Å². The third-order valence-corrected chi connectivity index (χ3v) is 13.2. The minimum atomic E-state index is 0.404. The van der Waals surface area contributed by atoms with Crippen molar-refractivity contribution in [3.05, 3.63) is 0 Å². The van der Waals surface area contributed by atoms with Crippen LogP contribution in [0.2, 0.25) is 0 Å². The molecule has 0 aromatic rings. The predicted molar refractivity (Wildman–Crippen MR) is 141 cm³/mol. The van der Waals surface area contributed by atoms with Crippen molar-refractivity contribution in [2.75, 3.05) is 32.4 Å². The van der Waals surface area contributed by atoms with Crippen molar-refractivity contribution in [1.29, 1.82) is 0 Å². The van der Waals surface area contributed by atoms with E-state index >= 15 is 0 Å². The summed E-state index contributed by atoms with van der Waals surface area (Å²) >= 11 is 1.95. The van der Waals surface area contributed by atoms with Crippen LogP contribution in [0.4, 0.5) is 0 Å². The molecule has 3 saturated carbocycles. The molecule has 3 nitrogen and oxygen atoms in total. The van der Waals surface area contributed by atoms with Crippen LogP contribution in [0.25, 0.3) is 0 Å². The van der Waals surface area contributed by atoms with E-state index in [1.54, 1.807) is 6.42 Å². The molecular formula is C29H51N3S. The SMILES string of the molecule is CSN1CCC2(CC1)CC(C(C)(C)N1CCC3(CC1)CC3C1CCC3(CCC3)N1C(C)C)C2. The Balaban J connectivity index is 1.04. The summed E-state index contributed by atoms with van der Waals surface area (Å²) in [6.07, 6.45) is 20.1. The Morgan fingerprint density at radius 1 is 0.848 bits per heavy atom. The van der Waals surface area contributed by atoms with Gasteiger partial charge >= 0.3 is 0 Å². The topological polar surface area (TPSA) is 9.72 Å². The second-order valence-corrected chi connectivity index (χ2v) is 15.1. The van der Waals surface area contributed by atoms with E-state index in [0.717, 1.165) is 23.9 Å². The van der Waals surface area contributed by atoms with Gasteiger partial charge in [-0.25, -0.2) is 0 Å². The van der Waals surface area contributed by atoms with Crippen LogP contribution in [0.3, 0.4) is 0 Å². The summed E-state index contributed by atoms with van der Waals surface area (Å²) in [6, 6.07) is 1.65. The van der Waals surface area contributed by atoms with Crippen molar-refractivity contribution in [1.82, 2.24) is 14.1 Å². The third-order valence-electron chi connectivity index (χ3n) is 12.3. The van der Waals surface area contributed by atoms with E-state index in [-0.39, 0.29) is 0 Å². The normalized spacial score (nSPS) is 36.5. The second kappa shape index (κ2) is 8.12. The number of nitrogens with zero attached hydrogens (tertiary/aromatic N) is 3. The van der Waals surface area contributed by atoms with Crippen molar-refractivity contribution in [3.8, 4) is 0 Å². The first kappa shape index (κ1) is 23.6. The molecule has 0 N–H and O–H groups in total. The first-order valence-corrected chi connectivity index (χ1v) is 15.7. The Morgan fingerprint density at radius 3 is 2.06 bits per heavy atom. The molecule has 3 heterocycles. The highest BCUT2D eigenvalue weighted by molar-refractivity contribution is 7.96. The van der Waals surface area contributed by atoms with Gasteiger partial charge < -0.3 is 0 Å². The molecular weight excluding hydrogens is 422 g/mol. The summed E-state index contributed by atoms with van der Waals surface area (Å²) in [5.74, 6) is 1.94. The van der Waals surface area contributed by atoms with Crippen LogP contribution in [-0.2, 0) is 0 Å². The number of likely N-dealkylation sites (tertiary alicyclic amines) is 2. The molecule has 33 heavy (non-hydrogen) atoms. The number of rotatable bonds is 5. The molecule has 6 aliphatic rings. The van der Waals surface area contributed by atoms with Gasteiger partial charge in [-0.15, -0.1) is 0 Å². The molecule has 0 aromatic heterocycles. The molecule has 4 heteroatoms. The molecule has 0 amide bonds. The quantitative estimate of drug-likeness (QED) is 0.425. The van der Waals surface area contributed by atoms with E-state index in [2.05, 4.69) is 48.1 Å². The lowest BCUT2D eigenvalue weighted by Crippen LogP contribution is -2.59. The van der Waals surface area contributed by atoms with Gasteiger partial charge in [0.05, 0.1) is 0 Å². The molecule has 3 saturated heterocycles. The molecule has 0 bridgehead atoms. The Labute approximate surface area is 208 Å². The summed E-state index contributed by atoms with van der Waals surface area (Å²) < 4.78 is 2.58. The zero-order valence-electron chi connectivity index (χ0n) is 22.4. The van der Waals surface area contributed by atoms with Gasteiger partial charge in [0.1, 0.15) is 0 Å². The van der Waals surface area contributed by atoms with Crippen LogP contribution in [0.1, 0.15) is 105 Å².